The summed E-state index contributed by atoms with van der Waals surface area (Å²) in [6, 6.07) is 18.6. The van der Waals surface area contributed by atoms with E-state index in [4.69, 9.17) is 0 Å². The highest BCUT2D eigenvalue weighted by molar-refractivity contribution is 7.92. The van der Waals surface area contributed by atoms with Crippen LogP contribution in [-0.2, 0) is 16.2 Å². The fourth-order valence-electron chi connectivity index (χ4n) is 3.24. The summed E-state index contributed by atoms with van der Waals surface area (Å²) in [5, 5.41) is 20.3. The Balaban J connectivity index is 1.50. The number of hydrogen-bond donors (Lipinski definition) is 3. The number of sulfonamides is 1. The molecule has 0 unspecified atom stereocenters. The van der Waals surface area contributed by atoms with Crippen LogP contribution in [0.5, 0.6) is 0 Å². The molecule has 0 saturated heterocycles. The number of nitrogens with one attached hydrogen (secondary N) is 2. The third-order valence-corrected chi connectivity index (χ3v) is 6.40. The summed E-state index contributed by atoms with van der Waals surface area (Å²) in [5.74, 6) is -1.16. The van der Waals surface area contributed by atoms with Gasteiger partial charge in [-0.15, -0.1) is 0 Å². The normalized spacial score (nSPS) is 11.9. The fraction of sp³-hybridized carbons (Fsp3) is 0.0400. The van der Waals surface area contributed by atoms with Gasteiger partial charge in [-0.3, -0.25) is 4.72 Å². The second kappa shape index (κ2) is 10.7. The number of aromatic carboxylic acids is 1. The van der Waals surface area contributed by atoms with Gasteiger partial charge in [0.1, 0.15) is 5.82 Å². The van der Waals surface area contributed by atoms with Gasteiger partial charge in [0.25, 0.3) is 10.0 Å². The van der Waals surface area contributed by atoms with E-state index < -0.39 is 27.7 Å². The lowest BCUT2D eigenvalue weighted by atomic mass is 10.1. The van der Waals surface area contributed by atoms with E-state index in [9.17, 15) is 31.5 Å². The van der Waals surface area contributed by atoms with Crippen LogP contribution in [-0.4, -0.2) is 24.5 Å². The molecular formula is C25H18F3N5O4S. The SMILES string of the molecule is O=C(O)c1cc(N=Nc2ccc(S(=O)(=O)Nc3ccccn3)cc2)ccc1Nc1cccc(C(F)(F)F)c1. The van der Waals surface area contributed by atoms with Crippen LogP contribution in [0.4, 0.5) is 41.7 Å². The average molecular weight is 542 g/mol. The van der Waals surface area contributed by atoms with Crippen LogP contribution >= 0.6 is 0 Å². The van der Waals surface area contributed by atoms with E-state index in [-0.39, 0.29) is 33.3 Å². The van der Waals surface area contributed by atoms with Crippen LogP contribution in [0.25, 0.3) is 0 Å². The van der Waals surface area contributed by atoms with E-state index in [0.717, 1.165) is 12.1 Å². The summed E-state index contributed by atoms with van der Waals surface area (Å²) in [5.41, 5.74) is -0.539. The number of rotatable bonds is 8. The number of carboxylic acid groups (broad SMARTS) is 1. The Labute approximate surface area is 214 Å². The molecule has 4 rings (SSSR count). The minimum absolute atomic E-state index is 0.0275. The van der Waals surface area contributed by atoms with Crippen molar-refractivity contribution in [1.29, 1.82) is 0 Å². The number of carbonyl (C=O) groups is 1. The van der Waals surface area contributed by atoms with E-state index in [1.807, 2.05) is 0 Å². The van der Waals surface area contributed by atoms with Gasteiger partial charge in [-0.2, -0.15) is 23.4 Å². The molecule has 0 fully saturated rings. The third-order valence-electron chi connectivity index (χ3n) is 5.03. The highest BCUT2D eigenvalue weighted by Gasteiger charge is 2.30. The number of halogens is 3. The minimum Gasteiger partial charge on any atom is -0.478 e. The zero-order valence-electron chi connectivity index (χ0n) is 19.2. The van der Waals surface area contributed by atoms with Crippen molar-refractivity contribution >= 4 is 44.6 Å². The summed E-state index contributed by atoms with van der Waals surface area (Å²) in [7, 11) is -3.87. The summed E-state index contributed by atoms with van der Waals surface area (Å²) >= 11 is 0. The monoisotopic (exact) mass is 541 g/mol. The maximum Gasteiger partial charge on any atom is 0.416 e. The molecule has 3 aromatic carbocycles. The summed E-state index contributed by atoms with van der Waals surface area (Å²) in [4.78, 5) is 15.7. The Morgan fingerprint density at radius 1 is 0.868 bits per heavy atom. The van der Waals surface area contributed by atoms with E-state index in [1.54, 1.807) is 12.1 Å². The topological polar surface area (TPSA) is 133 Å². The number of benzene rings is 3. The van der Waals surface area contributed by atoms with Crippen LogP contribution in [0, 0.1) is 0 Å². The Hall–Kier alpha value is -4.78. The van der Waals surface area contributed by atoms with Crippen LogP contribution in [0.3, 0.4) is 0 Å². The van der Waals surface area contributed by atoms with Crippen molar-refractivity contribution in [1.82, 2.24) is 4.98 Å². The minimum atomic E-state index is -4.55. The predicted molar refractivity (Wildman–Crippen MR) is 134 cm³/mol. The van der Waals surface area contributed by atoms with E-state index in [2.05, 4.69) is 25.3 Å². The lowest BCUT2D eigenvalue weighted by molar-refractivity contribution is -0.137. The first-order valence-corrected chi connectivity index (χ1v) is 12.3. The van der Waals surface area contributed by atoms with Crippen molar-refractivity contribution in [2.45, 2.75) is 11.1 Å². The van der Waals surface area contributed by atoms with Gasteiger partial charge < -0.3 is 10.4 Å². The molecule has 1 aromatic heterocycles. The molecule has 1 heterocycles. The van der Waals surface area contributed by atoms with Crippen molar-refractivity contribution in [2.75, 3.05) is 10.0 Å². The standard InChI is InChI=1S/C25H18F3N5O4S/c26-25(27,28)16-4-3-5-18(14-16)30-22-12-9-19(15-21(22)24(34)35)32-31-17-7-10-20(11-8-17)38(36,37)33-23-6-1-2-13-29-23/h1-15,30H,(H,29,33)(H,34,35). The quantitative estimate of drug-likeness (QED) is 0.211. The number of carboxylic acids is 1. The van der Waals surface area contributed by atoms with Gasteiger partial charge in [-0.25, -0.2) is 18.2 Å². The number of azo groups is 1. The number of hydrogen-bond acceptors (Lipinski definition) is 7. The molecular weight excluding hydrogens is 523 g/mol. The fourth-order valence-corrected chi connectivity index (χ4v) is 4.24. The zero-order valence-corrected chi connectivity index (χ0v) is 20.0. The average Bonchev–Trinajstić information content (AvgIpc) is 2.88. The molecule has 0 radical (unpaired) electrons. The van der Waals surface area contributed by atoms with Gasteiger partial charge in [-0.05, 0) is 72.8 Å². The molecule has 0 amide bonds. The third kappa shape index (κ3) is 6.50. The predicted octanol–water partition coefficient (Wildman–Crippen LogP) is 6.76. The number of nitrogens with zero attached hydrogens (tertiary/aromatic N) is 3. The van der Waals surface area contributed by atoms with Gasteiger partial charge in [0, 0.05) is 11.9 Å². The molecule has 0 spiro atoms. The molecule has 3 N–H and O–H groups in total. The number of aromatic nitrogens is 1. The van der Waals surface area contributed by atoms with Gasteiger partial charge >= 0.3 is 12.1 Å². The second-order valence-corrected chi connectivity index (χ2v) is 9.44. The highest BCUT2D eigenvalue weighted by Crippen LogP contribution is 2.33. The Morgan fingerprint density at radius 2 is 1.58 bits per heavy atom. The molecule has 0 aliphatic heterocycles. The van der Waals surface area contributed by atoms with E-state index in [1.165, 1.54) is 66.9 Å². The van der Waals surface area contributed by atoms with Gasteiger partial charge in [0.05, 0.1) is 33.1 Å². The molecule has 0 saturated carbocycles. The molecule has 0 aliphatic rings. The Morgan fingerprint density at radius 3 is 2.24 bits per heavy atom. The van der Waals surface area contributed by atoms with Crippen LogP contribution in [0.1, 0.15) is 15.9 Å². The highest BCUT2D eigenvalue weighted by atomic mass is 32.2. The zero-order chi connectivity index (χ0) is 27.3. The largest absolute Gasteiger partial charge is 0.478 e. The summed E-state index contributed by atoms with van der Waals surface area (Å²) in [6.45, 7) is 0. The van der Waals surface area contributed by atoms with Gasteiger partial charge in [0.15, 0.2) is 0 Å². The van der Waals surface area contributed by atoms with Crippen LogP contribution in [0.15, 0.2) is 106 Å². The first-order chi connectivity index (χ1) is 18.0. The molecule has 4 aromatic rings. The smallest absolute Gasteiger partial charge is 0.416 e. The Bertz CT molecular complexity index is 1590. The van der Waals surface area contributed by atoms with Crippen LogP contribution in [0.2, 0.25) is 0 Å². The maximum absolute atomic E-state index is 13.0. The number of alkyl halides is 3. The second-order valence-electron chi connectivity index (χ2n) is 7.75. The summed E-state index contributed by atoms with van der Waals surface area (Å²) < 4.78 is 66.3. The van der Waals surface area contributed by atoms with Crippen LogP contribution < -0.4 is 10.0 Å². The van der Waals surface area contributed by atoms with Gasteiger partial charge in [-0.1, -0.05) is 12.1 Å². The molecule has 0 aliphatic carbocycles. The lowest BCUT2D eigenvalue weighted by Gasteiger charge is -2.12. The van der Waals surface area contributed by atoms with Gasteiger partial charge in [0.2, 0.25) is 0 Å². The first kappa shape index (κ1) is 26.3. The molecule has 194 valence electrons. The molecule has 0 bridgehead atoms. The molecule has 0 atom stereocenters. The van der Waals surface area contributed by atoms with Crippen molar-refractivity contribution in [3.8, 4) is 0 Å². The molecule has 13 heteroatoms. The van der Waals surface area contributed by atoms with Crippen molar-refractivity contribution in [3.63, 3.8) is 0 Å². The molecule has 38 heavy (non-hydrogen) atoms. The van der Waals surface area contributed by atoms with Crippen molar-refractivity contribution in [2.24, 2.45) is 10.2 Å². The van der Waals surface area contributed by atoms with Crippen molar-refractivity contribution < 1.29 is 31.5 Å². The number of pyridine rings is 1. The lowest BCUT2D eigenvalue weighted by Crippen LogP contribution is -2.13. The summed E-state index contributed by atoms with van der Waals surface area (Å²) in [6.07, 6.45) is -3.10. The van der Waals surface area contributed by atoms with E-state index >= 15 is 0 Å². The van der Waals surface area contributed by atoms with E-state index in [0.29, 0.717) is 5.69 Å². The van der Waals surface area contributed by atoms with Crippen molar-refractivity contribution in [3.05, 3.63) is 102 Å². The number of anilines is 3. The Kier molecular flexibility index (Phi) is 7.39. The first-order valence-electron chi connectivity index (χ1n) is 10.8. The molecule has 9 nitrogen and oxygen atoms in total. The maximum atomic E-state index is 13.0.